The van der Waals surface area contributed by atoms with Gasteiger partial charge in [-0.25, -0.2) is 14.2 Å². The number of aliphatic imine (C=N–C) groups is 1. The number of carboxylic acids is 1. The molecule has 1 saturated heterocycles. The predicted octanol–water partition coefficient (Wildman–Crippen LogP) is 4.41. The summed E-state index contributed by atoms with van der Waals surface area (Å²) in [5.74, 6) is -1.28. The summed E-state index contributed by atoms with van der Waals surface area (Å²) in [4.78, 5) is 43.1. The van der Waals surface area contributed by atoms with Crippen LogP contribution in [0.5, 0.6) is 11.5 Å². The van der Waals surface area contributed by atoms with Crippen LogP contribution in [0.15, 0.2) is 71.7 Å². The molecule has 2 aliphatic heterocycles. The van der Waals surface area contributed by atoms with Gasteiger partial charge in [0, 0.05) is 12.1 Å². The molecule has 188 valence electrons. The van der Waals surface area contributed by atoms with Crippen LogP contribution in [0.2, 0.25) is 0 Å². The van der Waals surface area contributed by atoms with Gasteiger partial charge in [-0.3, -0.25) is 14.5 Å². The molecular weight excluding hydrogens is 501 g/mol. The summed E-state index contributed by atoms with van der Waals surface area (Å²) in [6.45, 7) is 0.258. The lowest BCUT2D eigenvalue weighted by atomic mass is 10.1. The first-order chi connectivity index (χ1) is 17.9. The number of amidine groups is 1. The third-order valence-corrected chi connectivity index (χ3v) is 6.87. The molecule has 9 nitrogen and oxygen atoms in total. The summed E-state index contributed by atoms with van der Waals surface area (Å²) in [5, 5.41) is 11.1. The van der Waals surface area contributed by atoms with E-state index in [1.165, 1.54) is 47.4 Å². The van der Waals surface area contributed by atoms with Crippen molar-refractivity contribution in [1.82, 2.24) is 4.90 Å². The van der Waals surface area contributed by atoms with Crippen molar-refractivity contribution in [3.63, 3.8) is 0 Å². The second kappa shape index (κ2) is 10.3. The molecule has 1 atom stereocenters. The van der Waals surface area contributed by atoms with Crippen LogP contribution in [0.25, 0.3) is 0 Å². The van der Waals surface area contributed by atoms with Crippen LogP contribution in [0.1, 0.15) is 22.3 Å². The zero-order valence-corrected chi connectivity index (χ0v) is 20.0. The maximum Gasteiger partial charge on any atom is 0.335 e. The molecule has 3 aromatic rings. The molecular formula is C26H20FN3O6S. The molecule has 37 heavy (non-hydrogen) atoms. The number of para-hydroxylation sites is 1. The summed E-state index contributed by atoms with van der Waals surface area (Å²) in [6.07, 6.45) is -0.107. The Bertz CT molecular complexity index is 1410. The Morgan fingerprint density at radius 2 is 1.84 bits per heavy atom. The maximum atomic E-state index is 14.4. The average Bonchev–Trinajstić information content (AvgIpc) is 3.35. The van der Waals surface area contributed by atoms with E-state index < -0.39 is 22.9 Å². The Kier molecular flexibility index (Phi) is 6.78. The van der Waals surface area contributed by atoms with Gasteiger partial charge in [0.2, 0.25) is 18.6 Å². The molecule has 1 fully saturated rings. The molecule has 2 amide bonds. The number of fused-ring (bicyclic) bond motifs is 1. The third kappa shape index (κ3) is 5.41. The molecule has 0 aromatic heterocycles. The Hall–Kier alpha value is -4.38. The monoisotopic (exact) mass is 521 g/mol. The predicted molar refractivity (Wildman–Crippen MR) is 135 cm³/mol. The molecule has 2 N–H and O–H groups in total. The Labute approximate surface area is 214 Å². The first kappa shape index (κ1) is 24.3. The molecule has 2 heterocycles. The first-order valence-corrected chi connectivity index (χ1v) is 12.1. The quantitative estimate of drug-likeness (QED) is 0.493. The molecule has 1 unspecified atom stereocenters. The van der Waals surface area contributed by atoms with Crippen molar-refractivity contribution in [1.29, 1.82) is 0 Å². The van der Waals surface area contributed by atoms with Crippen LogP contribution >= 0.6 is 11.8 Å². The van der Waals surface area contributed by atoms with E-state index in [1.807, 2.05) is 0 Å². The van der Waals surface area contributed by atoms with Crippen LogP contribution in [0.4, 0.5) is 15.8 Å². The van der Waals surface area contributed by atoms with E-state index in [0.29, 0.717) is 17.2 Å². The normalized spacial score (nSPS) is 17.6. The minimum atomic E-state index is -1.08. The van der Waals surface area contributed by atoms with Crippen molar-refractivity contribution in [3.05, 3.63) is 83.7 Å². The van der Waals surface area contributed by atoms with E-state index in [1.54, 1.807) is 24.3 Å². The molecule has 0 radical (unpaired) electrons. The number of hydrogen-bond donors (Lipinski definition) is 2. The number of nitrogens with one attached hydrogen (secondary N) is 1. The third-order valence-electron chi connectivity index (χ3n) is 5.68. The van der Waals surface area contributed by atoms with Gasteiger partial charge in [-0.2, -0.15) is 0 Å². The number of anilines is 1. The maximum absolute atomic E-state index is 14.4. The van der Waals surface area contributed by atoms with Crippen LogP contribution < -0.4 is 14.8 Å². The highest BCUT2D eigenvalue weighted by Crippen LogP contribution is 2.35. The lowest BCUT2D eigenvalue weighted by molar-refractivity contribution is -0.129. The zero-order valence-electron chi connectivity index (χ0n) is 19.2. The highest BCUT2D eigenvalue weighted by atomic mass is 32.2. The number of thioether (sulfide) groups is 1. The van der Waals surface area contributed by atoms with Crippen molar-refractivity contribution in [2.24, 2.45) is 4.99 Å². The number of halogens is 1. The van der Waals surface area contributed by atoms with E-state index in [2.05, 4.69) is 10.3 Å². The highest BCUT2D eigenvalue weighted by molar-refractivity contribution is 8.15. The van der Waals surface area contributed by atoms with Crippen LogP contribution in [-0.2, 0) is 16.1 Å². The lowest BCUT2D eigenvalue weighted by Crippen LogP contribution is -2.44. The van der Waals surface area contributed by atoms with Gasteiger partial charge in [0.25, 0.3) is 0 Å². The number of ether oxygens (including phenoxy) is 2. The number of carbonyl (C=O) groups excluding carboxylic acids is 2. The SMILES string of the molecule is O=C(O)c1ccc(NC(=O)C2CC(=O)N(Cc3ccc4c(c3)OCO4)C(=Nc3ccccc3F)S2)cc1. The van der Waals surface area contributed by atoms with Gasteiger partial charge in [-0.15, -0.1) is 0 Å². The fourth-order valence-electron chi connectivity index (χ4n) is 3.78. The molecule has 3 aromatic carbocycles. The van der Waals surface area contributed by atoms with Crippen LogP contribution in [0.3, 0.4) is 0 Å². The molecule has 2 aliphatic rings. The number of rotatable bonds is 6. The van der Waals surface area contributed by atoms with Gasteiger partial charge >= 0.3 is 5.97 Å². The Morgan fingerprint density at radius 1 is 1.08 bits per heavy atom. The van der Waals surface area contributed by atoms with Gasteiger partial charge in [-0.1, -0.05) is 30.0 Å². The van der Waals surface area contributed by atoms with Gasteiger partial charge in [0.1, 0.15) is 16.8 Å². The van der Waals surface area contributed by atoms with Gasteiger partial charge in [-0.05, 0) is 54.1 Å². The molecule has 0 aliphatic carbocycles. The molecule has 11 heteroatoms. The highest BCUT2D eigenvalue weighted by Gasteiger charge is 2.36. The Morgan fingerprint density at radius 3 is 2.59 bits per heavy atom. The first-order valence-electron chi connectivity index (χ1n) is 11.2. The summed E-state index contributed by atoms with van der Waals surface area (Å²) in [7, 11) is 0. The molecule has 0 spiro atoms. The van der Waals surface area contributed by atoms with E-state index in [9.17, 15) is 18.8 Å². The number of nitrogens with zero attached hydrogens (tertiary/aromatic N) is 2. The largest absolute Gasteiger partial charge is 0.478 e. The second-order valence-electron chi connectivity index (χ2n) is 8.20. The summed E-state index contributed by atoms with van der Waals surface area (Å²) < 4.78 is 25.2. The topological polar surface area (TPSA) is 118 Å². The average molecular weight is 522 g/mol. The number of amides is 2. The molecule has 5 rings (SSSR count). The standard InChI is InChI=1S/C26H20FN3O6S/c27-18-3-1-2-4-19(18)29-26-30(13-15-5-10-20-21(11-15)36-14-35-20)23(31)12-22(37-26)24(32)28-17-8-6-16(7-9-17)25(33)34/h1-11,22H,12-14H2,(H,28,32)(H,33,34). The number of aromatic carboxylic acids is 1. The van der Waals surface area contributed by atoms with E-state index >= 15 is 0 Å². The zero-order chi connectivity index (χ0) is 25.9. The van der Waals surface area contributed by atoms with Crippen molar-refractivity contribution in [2.75, 3.05) is 12.1 Å². The second-order valence-corrected chi connectivity index (χ2v) is 9.37. The minimum absolute atomic E-state index is 0.0406. The van der Waals surface area contributed by atoms with Crippen molar-refractivity contribution in [2.45, 2.75) is 18.2 Å². The van der Waals surface area contributed by atoms with E-state index in [4.69, 9.17) is 14.6 Å². The smallest absolute Gasteiger partial charge is 0.335 e. The van der Waals surface area contributed by atoms with Gasteiger partial charge < -0.3 is 19.9 Å². The number of benzene rings is 3. The lowest BCUT2D eigenvalue weighted by Gasteiger charge is -2.32. The Balaban J connectivity index is 1.39. The molecule has 0 bridgehead atoms. The molecule has 0 saturated carbocycles. The number of hydrogen-bond acceptors (Lipinski definition) is 7. The van der Waals surface area contributed by atoms with Crippen molar-refractivity contribution >= 4 is 46.1 Å². The van der Waals surface area contributed by atoms with Crippen molar-refractivity contribution in [3.8, 4) is 11.5 Å². The minimum Gasteiger partial charge on any atom is -0.478 e. The van der Waals surface area contributed by atoms with E-state index in [-0.39, 0.29) is 42.1 Å². The van der Waals surface area contributed by atoms with Crippen LogP contribution in [-0.4, -0.2) is 45.0 Å². The fourth-order valence-corrected chi connectivity index (χ4v) is 4.87. The summed E-state index contributed by atoms with van der Waals surface area (Å²) in [6, 6.07) is 16.9. The number of carboxylic acid groups (broad SMARTS) is 1. The van der Waals surface area contributed by atoms with E-state index in [0.717, 1.165) is 17.3 Å². The van der Waals surface area contributed by atoms with Gasteiger partial charge in [0.05, 0.1) is 12.1 Å². The van der Waals surface area contributed by atoms with Gasteiger partial charge in [0.15, 0.2) is 16.7 Å². The fraction of sp³-hybridized carbons (Fsp3) is 0.154. The summed E-state index contributed by atoms with van der Waals surface area (Å²) >= 11 is 1.05. The van der Waals surface area contributed by atoms with Crippen LogP contribution in [0, 0.1) is 5.82 Å². The van der Waals surface area contributed by atoms with Crippen molar-refractivity contribution < 1.29 is 33.4 Å². The summed E-state index contributed by atoms with van der Waals surface area (Å²) in [5.41, 5.74) is 1.26. The number of carbonyl (C=O) groups is 3.